The van der Waals surface area contributed by atoms with Gasteiger partial charge in [0.25, 0.3) is 5.92 Å². The van der Waals surface area contributed by atoms with Crippen molar-refractivity contribution in [1.82, 2.24) is 4.98 Å². The van der Waals surface area contributed by atoms with Crippen molar-refractivity contribution < 1.29 is 8.78 Å². The van der Waals surface area contributed by atoms with Crippen LogP contribution in [0.3, 0.4) is 0 Å². The fourth-order valence-electron chi connectivity index (χ4n) is 5.93. The first kappa shape index (κ1) is 36.7. The molecule has 4 aromatic rings. The lowest BCUT2D eigenvalue weighted by atomic mass is 9.93. The Balaban J connectivity index is 0.000000352. The summed E-state index contributed by atoms with van der Waals surface area (Å²) in [5.74, 6) is -2.68. The molecule has 3 aromatic carbocycles. The number of aryl methyl sites for hydroxylation is 2. The molecule has 254 valence electrons. The summed E-state index contributed by atoms with van der Waals surface area (Å²) in [4.78, 5) is 4.35. The predicted molar refractivity (Wildman–Crippen MR) is 203 cm³/mol. The Morgan fingerprint density at radius 3 is 2.24 bits per heavy atom. The van der Waals surface area contributed by atoms with Gasteiger partial charge in [-0.15, -0.1) is 6.58 Å². The second-order valence-corrected chi connectivity index (χ2v) is 12.1. The van der Waals surface area contributed by atoms with Gasteiger partial charge in [0, 0.05) is 47.6 Å². The smallest absolute Gasteiger partial charge is 0.270 e. The maximum absolute atomic E-state index is 12.6. The summed E-state index contributed by atoms with van der Waals surface area (Å²) >= 11 is 0. The Morgan fingerprint density at radius 2 is 1.63 bits per heavy atom. The molecule has 1 atom stereocenters. The first-order valence-electron chi connectivity index (χ1n) is 17.0. The van der Waals surface area contributed by atoms with Crippen LogP contribution in [0.15, 0.2) is 151 Å². The molecule has 1 aliphatic heterocycles. The van der Waals surface area contributed by atoms with Gasteiger partial charge in [-0.25, -0.2) is 13.8 Å². The zero-order valence-corrected chi connectivity index (χ0v) is 29.2. The fraction of sp³-hybridized carbons (Fsp3) is 0.256. The van der Waals surface area contributed by atoms with Crippen LogP contribution in [0.25, 0.3) is 11.1 Å². The average molecular weight is 659 g/mol. The van der Waals surface area contributed by atoms with Crippen molar-refractivity contribution >= 4 is 11.4 Å². The molecular weight excluding hydrogens is 610 g/mol. The van der Waals surface area contributed by atoms with Gasteiger partial charge in [0.2, 0.25) is 0 Å². The summed E-state index contributed by atoms with van der Waals surface area (Å²) in [6, 6.07) is 30.3. The molecule has 1 aliphatic carbocycles. The predicted octanol–water partition coefficient (Wildman–Crippen LogP) is 10.9. The lowest BCUT2D eigenvalue weighted by molar-refractivity contribution is 0.0667. The minimum absolute atomic E-state index is 0.0428. The van der Waals surface area contributed by atoms with E-state index in [9.17, 15) is 8.78 Å². The summed E-state index contributed by atoms with van der Waals surface area (Å²) in [5.41, 5.74) is 16.5. The van der Waals surface area contributed by atoms with Crippen molar-refractivity contribution in [1.29, 1.82) is 0 Å². The number of hydrogen-bond acceptors (Lipinski definition) is 4. The molecule has 4 nitrogen and oxygen atoms in total. The molecule has 2 heterocycles. The first-order valence-corrected chi connectivity index (χ1v) is 17.0. The maximum Gasteiger partial charge on any atom is 0.270 e. The van der Waals surface area contributed by atoms with Crippen molar-refractivity contribution in [2.45, 2.75) is 65.7 Å². The Labute approximate surface area is 291 Å². The van der Waals surface area contributed by atoms with E-state index >= 15 is 0 Å². The zero-order chi connectivity index (χ0) is 35.4. The molecule has 6 rings (SSSR count). The number of nitrogens with two attached hydrogens (primary N) is 1. The van der Waals surface area contributed by atoms with Crippen LogP contribution in [-0.2, 0) is 19.3 Å². The summed E-state index contributed by atoms with van der Waals surface area (Å²) < 4.78 is 25.2. The van der Waals surface area contributed by atoms with Crippen LogP contribution in [0.4, 0.5) is 14.5 Å². The summed E-state index contributed by atoms with van der Waals surface area (Å²) in [5, 5.41) is 6.78. The monoisotopic (exact) mass is 658 g/mol. The number of nitrogens with zero attached hydrogens (tertiary/aromatic N) is 3. The number of aromatic nitrogens is 1. The van der Waals surface area contributed by atoms with Gasteiger partial charge in [-0.2, -0.15) is 5.10 Å². The molecule has 0 fully saturated rings. The quantitative estimate of drug-likeness (QED) is 0.182. The molecule has 0 bridgehead atoms. The van der Waals surface area contributed by atoms with E-state index < -0.39 is 5.92 Å². The Bertz CT molecular complexity index is 1800. The number of hydrazone groups is 1. The van der Waals surface area contributed by atoms with Gasteiger partial charge in [0.1, 0.15) is 0 Å². The number of pyridine rings is 1. The lowest BCUT2D eigenvalue weighted by Gasteiger charge is -2.20. The van der Waals surface area contributed by atoms with Crippen LogP contribution in [0, 0.1) is 5.92 Å². The van der Waals surface area contributed by atoms with Crippen molar-refractivity contribution in [2.24, 2.45) is 16.8 Å². The standard InChI is InChI=1S/C33H31N3.C8H11F2N.C2H6/c1-4-33-24(2)35-36(25(33)3)32-21-27(20-31(22-32)30-15-10-18-34-23-30)19-29-14-9-8-13-28(29)17-16-26-11-6-5-7-12-26;1-8(9,10)6-3-2-4-7(11)5-6;1-2/h4-15,18,20-23,33H,1,3,16-17,19H2,2H3;3,5H,2,4,11H2,1H3;1-2H3. The van der Waals surface area contributed by atoms with Crippen LogP contribution in [0.1, 0.15) is 62.8 Å². The molecule has 6 heteroatoms. The molecule has 1 aromatic heterocycles. The topological polar surface area (TPSA) is 54.5 Å². The minimum atomic E-state index is -2.74. The van der Waals surface area contributed by atoms with Gasteiger partial charge in [-0.1, -0.05) is 99.3 Å². The molecule has 1 unspecified atom stereocenters. The van der Waals surface area contributed by atoms with Crippen LogP contribution >= 0.6 is 0 Å². The third kappa shape index (κ3) is 9.96. The Hall–Kier alpha value is -5.10. The van der Waals surface area contributed by atoms with E-state index in [4.69, 9.17) is 10.8 Å². The fourth-order valence-corrected chi connectivity index (χ4v) is 5.93. The van der Waals surface area contributed by atoms with Gasteiger partial charge < -0.3 is 5.73 Å². The maximum atomic E-state index is 12.6. The molecule has 0 radical (unpaired) electrons. The number of halogens is 2. The van der Waals surface area contributed by atoms with Crippen LogP contribution in [0.5, 0.6) is 0 Å². The van der Waals surface area contributed by atoms with E-state index in [1.807, 2.05) is 50.3 Å². The number of alkyl halides is 2. The third-order valence-electron chi connectivity index (χ3n) is 8.48. The van der Waals surface area contributed by atoms with Crippen molar-refractivity contribution in [3.05, 3.63) is 168 Å². The molecule has 2 N–H and O–H groups in total. The molecule has 49 heavy (non-hydrogen) atoms. The highest BCUT2D eigenvalue weighted by atomic mass is 19.3. The van der Waals surface area contributed by atoms with E-state index in [0.717, 1.165) is 54.4 Å². The molecule has 0 saturated heterocycles. The van der Waals surface area contributed by atoms with Crippen LogP contribution in [-0.4, -0.2) is 16.6 Å². The van der Waals surface area contributed by atoms with E-state index in [1.54, 1.807) is 0 Å². The second kappa shape index (κ2) is 17.3. The van der Waals surface area contributed by atoms with Gasteiger partial charge >= 0.3 is 0 Å². The van der Waals surface area contributed by atoms with Crippen LogP contribution in [0.2, 0.25) is 0 Å². The van der Waals surface area contributed by atoms with E-state index in [-0.39, 0.29) is 11.5 Å². The van der Waals surface area contributed by atoms with E-state index in [1.165, 1.54) is 34.4 Å². The normalized spacial score (nSPS) is 15.6. The first-order chi connectivity index (χ1) is 23.6. The number of anilines is 1. The summed E-state index contributed by atoms with van der Waals surface area (Å²) in [6.07, 6.45) is 12.8. The number of benzene rings is 3. The van der Waals surface area contributed by atoms with Gasteiger partial charge in [0.05, 0.1) is 11.6 Å². The summed E-state index contributed by atoms with van der Waals surface area (Å²) in [7, 11) is 0. The molecule has 0 saturated carbocycles. The van der Waals surface area contributed by atoms with Crippen molar-refractivity contribution in [3.63, 3.8) is 0 Å². The van der Waals surface area contributed by atoms with Gasteiger partial charge in [0.15, 0.2) is 0 Å². The van der Waals surface area contributed by atoms with Crippen LogP contribution < -0.4 is 10.7 Å². The molecule has 2 aliphatic rings. The molecular formula is C43H48F2N4. The van der Waals surface area contributed by atoms with Crippen molar-refractivity contribution in [3.8, 4) is 11.1 Å². The lowest BCUT2D eigenvalue weighted by Crippen LogP contribution is -2.15. The largest absolute Gasteiger partial charge is 0.402 e. The minimum Gasteiger partial charge on any atom is -0.402 e. The van der Waals surface area contributed by atoms with E-state index in [0.29, 0.717) is 18.5 Å². The molecule has 0 amide bonds. The Morgan fingerprint density at radius 1 is 0.918 bits per heavy atom. The Kier molecular flexibility index (Phi) is 13.0. The summed E-state index contributed by atoms with van der Waals surface area (Å²) in [6.45, 7) is 15.2. The highest BCUT2D eigenvalue weighted by Gasteiger charge is 2.28. The highest BCUT2D eigenvalue weighted by molar-refractivity contribution is 5.93. The molecule has 0 spiro atoms. The van der Waals surface area contributed by atoms with Gasteiger partial charge in [-0.05, 0) is 91.1 Å². The van der Waals surface area contributed by atoms with Crippen molar-refractivity contribution in [2.75, 3.05) is 5.01 Å². The van der Waals surface area contributed by atoms with Gasteiger partial charge in [-0.3, -0.25) is 4.98 Å². The number of hydrogen-bond donors (Lipinski definition) is 1. The second-order valence-electron chi connectivity index (χ2n) is 12.1. The highest BCUT2D eigenvalue weighted by Crippen LogP contribution is 2.35. The number of rotatable bonds is 9. The SMILES string of the molecule is C=CC1C(=C)N(c2cc(Cc3ccccc3CCc3ccccc3)cc(-c3cccnc3)c2)N=C1C.CC.CC(F)(F)C1=CCCC(N)=C1. The third-order valence-corrected chi connectivity index (χ3v) is 8.48. The van der Waals surface area contributed by atoms with E-state index in [2.05, 4.69) is 97.0 Å². The average Bonchev–Trinajstić information content (AvgIpc) is 3.41. The zero-order valence-electron chi connectivity index (χ0n) is 29.2. The number of allylic oxidation sites excluding steroid dienone is 5.